The van der Waals surface area contributed by atoms with Crippen LogP contribution in [0.3, 0.4) is 0 Å². The predicted octanol–water partition coefficient (Wildman–Crippen LogP) is 3.49. The smallest absolute Gasteiger partial charge is 0.328 e. The number of hydrogen-bond acceptors (Lipinski definition) is 10. The molecule has 1 aromatic carbocycles. The monoisotopic (exact) mass is 572 g/mol. The van der Waals surface area contributed by atoms with Gasteiger partial charge in [-0.25, -0.2) is 4.79 Å². The molecule has 0 spiro atoms. The summed E-state index contributed by atoms with van der Waals surface area (Å²) in [5.41, 5.74) is 11.1. The number of amides is 1. The van der Waals surface area contributed by atoms with Gasteiger partial charge in [0.2, 0.25) is 11.7 Å². The summed E-state index contributed by atoms with van der Waals surface area (Å²) in [5, 5.41) is 31.5. The first kappa shape index (κ1) is 32.8. The third kappa shape index (κ3) is 6.44. The second kappa shape index (κ2) is 13.6. The van der Waals surface area contributed by atoms with Crippen LogP contribution in [0.1, 0.15) is 73.5 Å². The van der Waals surface area contributed by atoms with E-state index in [-0.39, 0.29) is 82.8 Å². The number of rotatable bonds is 11. The van der Waals surface area contributed by atoms with E-state index in [4.69, 9.17) is 20.5 Å². The van der Waals surface area contributed by atoms with E-state index in [2.05, 4.69) is 20.6 Å². The minimum Gasteiger partial charge on any atom is -0.508 e. The number of benzene rings is 1. The topological polar surface area (TPSA) is 204 Å². The second-order valence-corrected chi connectivity index (χ2v) is 8.87. The van der Waals surface area contributed by atoms with Gasteiger partial charge in [0.05, 0.1) is 0 Å². The van der Waals surface area contributed by atoms with Gasteiger partial charge in [-0.05, 0) is 61.9 Å². The van der Waals surface area contributed by atoms with E-state index < -0.39 is 17.4 Å². The molecule has 7 N–H and O–H groups in total. The molecule has 0 aliphatic heterocycles. The molecule has 38 heavy (non-hydrogen) atoms. The number of unbranched alkanes of at least 4 members (excludes halogenated alkanes) is 1. The van der Waals surface area contributed by atoms with Gasteiger partial charge < -0.3 is 36.0 Å². The lowest BCUT2D eigenvalue weighted by molar-refractivity contribution is -0.144. The Hall–Kier alpha value is -3.19. The number of aromatic nitrogens is 3. The Morgan fingerprint density at radius 2 is 1.84 bits per heavy atom. The van der Waals surface area contributed by atoms with E-state index in [9.17, 15) is 19.8 Å². The van der Waals surface area contributed by atoms with E-state index in [1.807, 2.05) is 13.8 Å². The van der Waals surface area contributed by atoms with Gasteiger partial charge in [-0.2, -0.15) is 4.98 Å². The number of nitrogens with one attached hydrogen (secondary N) is 1. The Kier molecular flexibility index (Phi) is 11.7. The average molecular weight is 573 g/mol. The Morgan fingerprint density at radius 1 is 1.16 bits per heavy atom. The van der Waals surface area contributed by atoms with E-state index in [0.717, 1.165) is 0 Å². The first-order valence-corrected chi connectivity index (χ1v) is 11.7. The highest BCUT2D eigenvalue weighted by Crippen LogP contribution is 2.43. The zero-order valence-electron chi connectivity index (χ0n) is 21.6. The van der Waals surface area contributed by atoms with Crippen molar-refractivity contribution in [2.24, 2.45) is 11.5 Å². The number of carboxylic acids is 1. The Morgan fingerprint density at radius 3 is 2.37 bits per heavy atom. The maximum atomic E-state index is 12.8. The fourth-order valence-electron chi connectivity index (χ4n) is 4.01. The van der Waals surface area contributed by atoms with Crippen molar-refractivity contribution in [3.63, 3.8) is 0 Å². The number of hydrogen-bond donors (Lipinski definition) is 5. The molecule has 210 valence electrons. The minimum absolute atomic E-state index is 0. The molecule has 0 bridgehead atoms. The Balaban J connectivity index is 0.00000361. The molecule has 0 aliphatic carbocycles. The molecule has 3 rings (SSSR count). The zero-order valence-corrected chi connectivity index (χ0v) is 23.2. The van der Waals surface area contributed by atoms with Crippen LogP contribution >= 0.6 is 24.8 Å². The van der Waals surface area contributed by atoms with Gasteiger partial charge >= 0.3 is 5.97 Å². The fraction of sp³-hybridized carbons (Fsp3) is 0.458. The molecule has 1 amide bonds. The second-order valence-electron chi connectivity index (χ2n) is 8.87. The SMILES string of the molecule is CCNC(=O)c1noc(-c2cc(C(C)C)c(O)cc2[C@@](N)(CCCCN)C(=O)O)c1-c1noc(C)n1.Cl.Cl. The number of carbonyl (C=O) groups is 2. The summed E-state index contributed by atoms with van der Waals surface area (Å²) in [6.07, 6.45) is 1.04. The van der Waals surface area contributed by atoms with E-state index in [1.54, 1.807) is 19.9 Å². The average Bonchev–Trinajstić information content (AvgIpc) is 3.45. The fourth-order valence-corrected chi connectivity index (χ4v) is 4.01. The number of aryl methyl sites for hydroxylation is 1. The lowest BCUT2D eigenvalue weighted by atomic mass is 9.80. The predicted molar refractivity (Wildman–Crippen MR) is 145 cm³/mol. The van der Waals surface area contributed by atoms with Crippen molar-refractivity contribution in [1.82, 2.24) is 20.6 Å². The number of carbonyl (C=O) groups excluding carboxylic acids is 1. The maximum absolute atomic E-state index is 12.8. The normalized spacial score (nSPS) is 12.4. The summed E-state index contributed by atoms with van der Waals surface area (Å²) < 4.78 is 10.8. The van der Waals surface area contributed by atoms with Crippen molar-refractivity contribution in [1.29, 1.82) is 0 Å². The van der Waals surface area contributed by atoms with Crippen LogP contribution in [0.25, 0.3) is 22.7 Å². The highest BCUT2D eigenvalue weighted by atomic mass is 35.5. The zero-order chi connectivity index (χ0) is 26.6. The van der Waals surface area contributed by atoms with Gasteiger partial charge in [0.15, 0.2) is 11.5 Å². The quantitative estimate of drug-likeness (QED) is 0.210. The number of aliphatic carboxylic acids is 1. The minimum atomic E-state index is -1.90. The van der Waals surface area contributed by atoms with Gasteiger partial charge in [0.1, 0.15) is 16.9 Å². The molecule has 1 atom stereocenters. The van der Waals surface area contributed by atoms with Crippen LogP contribution in [0.2, 0.25) is 0 Å². The van der Waals surface area contributed by atoms with Gasteiger partial charge in [0.25, 0.3) is 5.91 Å². The van der Waals surface area contributed by atoms with E-state index in [0.29, 0.717) is 31.5 Å². The lowest BCUT2D eigenvalue weighted by Crippen LogP contribution is -2.45. The molecule has 12 nitrogen and oxygen atoms in total. The van der Waals surface area contributed by atoms with Crippen LogP contribution in [-0.2, 0) is 10.3 Å². The van der Waals surface area contributed by atoms with Gasteiger partial charge in [-0.1, -0.05) is 24.2 Å². The van der Waals surface area contributed by atoms with Crippen LogP contribution in [0.15, 0.2) is 21.2 Å². The molecular weight excluding hydrogens is 539 g/mol. The number of aromatic hydroxyl groups is 1. The summed E-state index contributed by atoms with van der Waals surface area (Å²) in [4.78, 5) is 29.5. The van der Waals surface area contributed by atoms with Crippen molar-refractivity contribution in [3.8, 4) is 28.5 Å². The number of nitrogens with two attached hydrogens (primary N) is 2. The van der Waals surface area contributed by atoms with Crippen molar-refractivity contribution in [3.05, 3.63) is 34.8 Å². The van der Waals surface area contributed by atoms with Crippen LogP contribution in [0.5, 0.6) is 5.75 Å². The highest BCUT2D eigenvalue weighted by molar-refractivity contribution is 6.01. The van der Waals surface area contributed by atoms with Crippen LogP contribution in [0, 0.1) is 6.92 Å². The molecule has 0 saturated carbocycles. The summed E-state index contributed by atoms with van der Waals surface area (Å²) >= 11 is 0. The van der Waals surface area contributed by atoms with Crippen molar-refractivity contribution in [2.75, 3.05) is 13.1 Å². The molecule has 3 aromatic rings. The summed E-state index contributed by atoms with van der Waals surface area (Å²) in [5.74, 6) is -1.76. The molecule has 2 heterocycles. The van der Waals surface area contributed by atoms with Gasteiger partial charge in [-0.3, -0.25) is 4.79 Å². The highest BCUT2D eigenvalue weighted by Gasteiger charge is 2.40. The summed E-state index contributed by atoms with van der Waals surface area (Å²) in [6.45, 7) is 7.79. The Bertz CT molecular complexity index is 1260. The van der Waals surface area contributed by atoms with Gasteiger partial charge in [-0.15, -0.1) is 24.8 Å². The van der Waals surface area contributed by atoms with Crippen LogP contribution < -0.4 is 16.8 Å². The number of halogens is 2. The first-order valence-electron chi connectivity index (χ1n) is 11.7. The summed E-state index contributed by atoms with van der Waals surface area (Å²) in [6, 6.07) is 2.93. The number of carboxylic acid groups (broad SMARTS) is 1. The van der Waals surface area contributed by atoms with E-state index >= 15 is 0 Å². The van der Waals surface area contributed by atoms with Crippen LogP contribution in [-0.4, -0.2) is 50.5 Å². The lowest BCUT2D eigenvalue weighted by Gasteiger charge is -2.28. The molecule has 0 radical (unpaired) electrons. The largest absolute Gasteiger partial charge is 0.508 e. The molecule has 2 aromatic heterocycles. The number of phenolic OH excluding ortho intramolecular Hbond substituents is 1. The molecule has 0 saturated heterocycles. The summed E-state index contributed by atoms with van der Waals surface area (Å²) in [7, 11) is 0. The van der Waals surface area contributed by atoms with E-state index in [1.165, 1.54) is 6.07 Å². The van der Waals surface area contributed by atoms with Crippen molar-refractivity contribution >= 4 is 36.7 Å². The number of nitrogens with zero attached hydrogens (tertiary/aromatic N) is 3. The van der Waals surface area contributed by atoms with Crippen molar-refractivity contribution < 1.29 is 28.8 Å². The van der Waals surface area contributed by atoms with Crippen LogP contribution in [0.4, 0.5) is 0 Å². The third-order valence-electron chi connectivity index (χ3n) is 5.92. The molecule has 0 fully saturated rings. The standard InChI is InChI=1S/C24H32N6O6.2ClH/c1-5-27-22(32)19-18(21-28-13(4)35-30-21)20(36-29-19)15-10-14(12(2)3)17(31)11-16(15)24(26,23(33)34)8-6-7-9-25;;/h10-12,31H,5-9,25-26H2,1-4H3,(H,27,32)(H,33,34);2*1H/t24-;;/m0../s1. The molecule has 0 unspecified atom stereocenters. The maximum Gasteiger partial charge on any atom is 0.328 e. The van der Waals surface area contributed by atoms with Gasteiger partial charge in [0, 0.05) is 19.0 Å². The molecular formula is C24H34Cl2N6O6. The molecule has 14 heteroatoms. The third-order valence-corrected chi connectivity index (χ3v) is 5.92. The molecule has 0 aliphatic rings. The number of phenols is 1. The first-order chi connectivity index (χ1) is 17.0. The van der Waals surface area contributed by atoms with Crippen molar-refractivity contribution in [2.45, 2.75) is 58.4 Å². The Labute approximate surface area is 232 Å².